The molecule has 0 aromatic carbocycles. The van der Waals surface area contributed by atoms with Crippen LogP contribution in [0.1, 0.15) is 46.5 Å². The van der Waals surface area contributed by atoms with Gasteiger partial charge in [0.1, 0.15) is 0 Å². The molecule has 0 bridgehead atoms. The number of hydrogen-bond donors (Lipinski definition) is 1. The molecule has 3 rings (SSSR count). The lowest BCUT2D eigenvalue weighted by Gasteiger charge is -2.42. The van der Waals surface area contributed by atoms with Crippen molar-refractivity contribution in [1.82, 2.24) is 15.1 Å². The Labute approximate surface area is 116 Å². The first-order valence-corrected chi connectivity index (χ1v) is 7.90. The summed E-state index contributed by atoms with van der Waals surface area (Å²) in [6, 6.07) is 1.18. The van der Waals surface area contributed by atoms with Crippen molar-refractivity contribution >= 4 is 5.91 Å². The molecule has 1 N–H and O–H groups in total. The van der Waals surface area contributed by atoms with Crippen LogP contribution in [0.15, 0.2) is 0 Å². The van der Waals surface area contributed by atoms with E-state index in [2.05, 4.69) is 29.0 Å². The predicted molar refractivity (Wildman–Crippen MR) is 75.7 cm³/mol. The SMILES string of the molecule is CC1NC(C(C)C)N(C2CCN3CCCC3C2)C1=O. The summed E-state index contributed by atoms with van der Waals surface area (Å²) >= 11 is 0. The van der Waals surface area contributed by atoms with E-state index in [0.717, 1.165) is 12.5 Å². The normalized spacial score (nSPS) is 40.2. The lowest BCUT2D eigenvalue weighted by molar-refractivity contribution is -0.134. The van der Waals surface area contributed by atoms with Crippen molar-refractivity contribution in [3.8, 4) is 0 Å². The van der Waals surface area contributed by atoms with Gasteiger partial charge in [-0.05, 0) is 45.1 Å². The largest absolute Gasteiger partial charge is 0.322 e. The number of nitrogens with one attached hydrogen (secondary N) is 1. The van der Waals surface area contributed by atoms with Crippen molar-refractivity contribution < 1.29 is 4.79 Å². The van der Waals surface area contributed by atoms with E-state index in [9.17, 15) is 4.79 Å². The van der Waals surface area contributed by atoms with Crippen LogP contribution in [0.2, 0.25) is 0 Å². The average molecular weight is 265 g/mol. The van der Waals surface area contributed by atoms with Crippen LogP contribution in [-0.4, -0.2) is 53.1 Å². The maximum absolute atomic E-state index is 12.5. The molecule has 108 valence electrons. The molecule has 4 unspecified atom stereocenters. The zero-order chi connectivity index (χ0) is 13.6. The van der Waals surface area contributed by atoms with Gasteiger partial charge in [-0.15, -0.1) is 0 Å². The molecule has 0 radical (unpaired) electrons. The fourth-order valence-corrected chi connectivity index (χ4v) is 4.15. The first-order valence-electron chi connectivity index (χ1n) is 7.90. The molecule has 0 spiro atoms. The van der Waals surface area contributed by atoms with Gasteiger partial charge in [-0.25, -0.2) is 0 Å². The Bertz CT molecular complexity index is 357. The fourth-order valence-electron chi connectivity index (χ4n) is 4.15. The zero-order valence-electron chi connectivity index (χ0n) is 12.4. The van der Waals surface area contributed by atoms with Crippen LogP contribution in [0.5, 0.6) is 0 Å². The molecular weight excluding hydrogens is 238 g/mol. The molecule has 3 heterocycles. The molecule has 0 saturated carbocycles. The monoisotopic (exact) mass is 265 g/mol. The summed E-state index contributed by atoms with van der Waals surface area (Å²) in [7, 11) is 0. The lowest BCUT2D eigenvalue weighted by atomic mass is 9.95. The number of hydrogen-bond acceptors (Lipinski definition) is 3. The first-order chi connectivity index (χ1) is 9.08. The summed E-state index contributed by atoms with van der Waals surface area (Å²) in [5, 5.41) is 3.47. The highest BCUT2D eigenvalue weighted by atomic mass is 16.2. The highest BCUT2D eigenvalue weighted by Gasteiger charge is 2.44. The minimum absolute atomic E-state index is 0.00555. The van der Waals surface area contributed by atoms with E-state index in [1.54, 1.807) is 0 Å². The number of piperidine rings is 1. The van der Waals surface area contributed by atoms with Crippen LogP contribution in [0.4, 0.5) is 0 Å². The Balaban J connectivity index is 1.74. The van der Waals surface area contributed by atoms with Crippen molar-refractivity contribution in [2.75, 3.05) is 13.1 Å². The number of nitrogens with zero attached hydrogens (tertiary/aromatic N) is 2. The minimum atomic E-state index is -0.00555. The van der Waals surface area contributed by atoms with Crippen molar-refractivity contribution in [1.29, 1.82) is 0 Å². The zero-order valence-corrected chi connectivity index (χ0v) is 12.4. The van der Waals surface area contributed by atoms with Crippen molar-refractivity contribution in [2.24, 2.45) is 5.92 Å². The first kappa shape index (κ1) is 13.4. The van der Waals surface area contributed by atoms with Crippen LogP contribution >= 0.6 is 0 Å². The maximum Gasteiger partial charge on any atom is 0.240 e. The highest BCUT2D eigenvalue weighted by Crippen LogP contribution is 2.32. The van der Waals surface area contributed by atoms with Crippen LogP contribution in [0.3, 0.4) is 0 Å². The van der Waals surface area contributed by atoms with E-state index in [1.165, 1.54) is 32.4 Å². The predicted octanol–water partition coefficient (Wildman–Crippen LogP) is 1.42. The third kappa shape index (κ3) is 2.29. The van der Waals surface area contributed by atoms with Gasteiger partial charge in [-0.2, -0.15) is 0 Å². The van der Waals surface area contributed by atoms with Crippen molar-refractivity contribution in [2.45, 2.75) is 70.7 Å². The molecule has 19 heavy (non-hydrogen) atoms. The van der Waals surface area contributed by atoms with Crippen LogP contribution < -0.4 is 5.32 Å². The second-order valence-electron chi connectivity index (χ2n) is 6.83. The van der Waals surface area contributed by atoms with E-state index in [0.29, 0.717) is 17.9 Å². The van der Waals surface area contributed by atoms with Gasteiger partial charge in [0.2, 0.25) is 5.91 Å². The van der Waals surface area contributed by atoms with E-state index in [4.69, 9.17) is 0 Å². The molecule has 3 saturated heterocycles. The standard InChI is InChI=1S/C15H27N3O/c1-10(2)14-16-11(3)15(19)18(14)13-6-8-17-7-4-5-12(17)9-13/h10-14,16H,4-9H2,1-3H3. The lowest BCUT2D eigenvalue weighted by Crippen LogP contribution is -2.53. The van der Waals surface area contributed by atoms with Gasteiger partial charge in [0, 0.05) is 18.6 Å². The van der Waals surface area contributed by atoms with Gasteiger partial charge in [0.15, 0.2) is 0 Å². The molecule has 4 heteroatoms. The van der Waals surface area contributed by atoms with Gasteiger partial charge >= 0.3 is 0 Å². The minimum Gasteiger partial charge on any atom is -0.322 e. The number of amides is 1. The summed E-state index contributed by atoms with van der Waals surface area (Å²) in [6.07, 6.45) is 5.24. The molecule has 0 aliphatic carbocycles. The third-order valence-electron chi connectivity index (χ3n) is 5.16. The molecule has 4 atom stereocenters. The van der Waals surface area contributed by atoms with Crippen molar-refractivity contribution in [3.05, 3.63) is 0 Å². The third-order valence-corrected chi connectivity index (χ3v) is 5.16. The van der Waals surface area contributed by atoms with Crippen LogP contribution in [0.25, 0.3) is 0 Å². The van der Waals surface area contributed by atoms with Gasteiger partial charge < -0.3 is 9.80 Å². The summed E-state index contributed by atoms with van der Waals surface area (Å²) in [4.78, 5) is 17.3. The number of carbonyl (C=O) groups excluding carboxylic acids is 1. The Morgan fingerprint density at radius 2 is 2.00 bits per heavy atom. The number of fused-ring (bicyclic) bond motifs is 1. The molecule has 3 aliphatic heterocycles. The smallest absolute Gasteiger partial charge is 0.240 e. The maximum atomic E-state index is 12.5. The van der Waals surface area contributed by atoms with E-state index >= 15 is 0 Å². The Morgan fingerprint density at radius 1 is 1.21 bits per heavy atom. The molecule has 1 amide bonds. The molecule has 4 nitrogen and oxygen atoms in total. The number of carbonyl (C=O) groups is 1. The Morgan fingerprint density at radius 3 is 2.74 bits per heavy atom. The van der Waals surface area contributed by atoms with E-state index in [1.807, 2.05) is 6.92 Å². The summed E-state index contributed by atoms with van der Waals surface area (Å²) in [5.74, 6) is 0.797. The average Bonchev–Trinajstić information content (AvgIpc) is 2.94. The Hall–Kier alpha value is -0.610. The van der Waals surface area contributed by atoms with Crippen molar-refractivity contribution in [3.63, 3.8) is 0 Å². The molecule has 0 aromatic rings. The van der Waals surface area contributed by atoms with E-state index < -0.39 is 0 Å². The summed E-state index contributed by atoms with van der Waals surface area (Å²) < 4.78 is 0. The second-order valence-corrected chi connectivity index (χ2v) is 6.83. The second kappa shape index (κ2) is 5.06. The fraction of sp³-hybridized carbons (Fsp3) is 0.933. The molecule has 3 aliphatic rings. The van der Waals surface area contributed by atoms with Gasteiger partial charge in [-0.3, -0.25) is 10.1 Å². The summed E-state index contributed by atoms with van der Waals surface area (Å²) in [5.41, 5.74) is 0. The number of rotatable bonds is 2. The Kier molecular flexibility index (Phi) is 3.56. The van der Waals surface area contributed by atoms with Gasteiger partial charge in [-0.1, -0.05) is 13.8 Å². The topological polar surface area (TPSA) is 35.6 Å². The van der Waals surface area contributed by atoms with Gasteiger partial charge in [0.05, 0.1) is 12.2 Å². The van der Waals surface area contributed by atoms with Crippen LogP contribution in [-0.2, 0) is 4.79 Å². The molecule has 0 aromatic heterocycles. The molecule has 3 fully saturated rings. The van der Waals surface area contributed by atoms with Crippen LogP contribution in [0, 0.1) is 5.92 Å². The van der Waals surface area contributed by atoms with E-state index in [-0.39, 0.29) is 12.2 Å². The van der Waals surface area contributed by atoms with Gasteiger partial charge in [0.25, 0.3) is 0 Å². The summed E-state index contributed by atoms with van der Waals surface area (Å²) in [6.45, 7) is 8.87. The quantitative estimate of drug-likeness (QED) is 0.820. The molecular formula is C15H27N3O. The highest BCUT2D eigenvalue weighted by molar-refractivity contribution is 5.84.